The van der Waals surface area contributed by atoms with Crippen LogP contribution in [0.5, 0.6) is 0 Å². The summed E-state index contributed by atoms with van der Waals surface area (Å²) < 4.78 is 1.86. The first-order valence-corrected chi connectivity index (χ1v) is 10.1. The van der Waals surface area contributed by atoms with Crippen molar-refractivity contribution in [2.75, 3.05) is 24.2 Å². The van der Waals surface area contributed by atoms with Crippen LogP contribution < -0.4 is 10.6 Å². The van der Waals surface area contributed by atoms with Crippen LogP contribution >= 0.6 is 11.8 Å². The highest BCUT2D eigenvalue weighted by Crippen LogP contribution is 2.26. The Bertz CT molecular complexity index is 727. The average molecular weight is 363 g/mol. The van der Waals surface area contributed by atoms with Gasteiger partial charge < -0.3 is 10.6 Å². The van der Waals surface area contributed by atoms with Crippen molar-refractivity contribution in [2.45, 2.75) is 51.2 Å². The maximum absolute atomic E-state index is 11.9. The second kappa shape index (κ2) is 8.51. The molecule has 25 heavy (non-hydrogen) atoms. The minimum atomic E-state index is 0.171. The van der Waals surface area contributed by atoms with E-state index in [-0.39, 0.29) is 11.8 Å². The first kappa shape index (κ1) is 18.0. The quantitative estimate of drug-likeness (QED) is 0.527. The Labute approximate surface area is 152 Å². The van der Waals surface area contributed by atoms with Crippen LogP contribution in [0.3, 0.4) is 0 Å². The largest absolute Gasteiger partial charge is 0.369 e. The molecule has 0 unspecified atom stereocenters. The van der Waals surface area contributed by atoms with E-state index in [1.54, 1.807) is 11.8 Å². The van der Waals surface area contributed by atoms with E-state index in [2.05, 4.69) is 39.5 Å². The van der Waals surface area contributed by atoms with E-state index in [4.69, 9.17) is 0 Å². The van der Waals surface area contributed by atoms with Gasteiger partial charge in [-0.15, -0.1) is 0 Å². The summed E-state index contributed by atoms with van der Waals surface area (Å²) in [5.74, 6) is 2.15. The number of hydrogen-bond donors (Lipinski definition) is 2. The molecule has 1 fully saturated rings. The summed E-state index contributed by atoms with van der Waals surface area (Å²) in [7, 11) is 0. The Balaban J connectivity index is 1.73. The van der Waals surface area contributed by atoms with Gasteiger partial charge >= 0.3 is 0 Å². The van der Waals surface area contributed by atoms with Gasteiger partial charge in [0.15, 0.2) is 10.8 Å². The highest BCUT2D eigenvalue weighted by atomic mass is 32.2. The van der Waals surface area contributed by atoms with Crippen molar-refractivity contribution in [3.63, 3.8) is 0 Å². The Morgan fingerprint density at radius 3 is 2.84 bits per heavy atom. The van der Waals surface area contributed by atoms with Gasteiger partial charge in [-0.25, -0.2) is 14.6 Å². The van der Waals surface area contributed by atoms with E-state index in [1.165, 1.54) is 6.42 Å². The predicted molar refractivity (Wildman–Crippen MR) is 101 cm³/mol. The van der Waals surface area contributed by atoms with Crippen LogP contribution in [-0.2, 0) is 11.3 Å². The standard InChI is InChI=1S/C17H26N6OS/c1-3-8-18-14-13-11-20-23(15(13)22-17(21-14)25-4-2)10-9-19-16(24)12-6-5-7-12/h11-12H,3-10H2,1-2H3,(H,19,24)(H,18,21,22). The summed E-state index contributed by atoms with van der Waals surface area (Å²) in [5, 5.41) is 12.5. The highest BCUT2D eigenvalue weighted by Gasteiger charge is 2.24. The fourth-order valence-electron chi connectivity index (χ4n) is 2.77. The van der Waals surface area contributed by atoms with Gasteiger partial charge in [0, 0.05) is 19.0 Å². The van der Waals surface area contributed by atoms with Gasteiger partial charge in [-0.05, 0) is 25.0 Å². The summed E-state index contributed by atoms with van der Waals surface area (Å²) >= 11 is 1.62. The van der Waals surface area contributed by atoms with Crippen LogP contribution in [0.15, 0.2) is 11.4 Å². The molecule has 0 aromatic carbocycles. The second-order valence-electron chi connectivity index (χ2n) is 6.24. The lowest BCUT2D eigenvalue weighted by molar-refractivity contribution is -0.127. The molecular formula is C17H26N6OS. The molecule has 7 nitrogen and oxygen atoms in total. The van der Waals surface area contributed by atoms with Crippen molar-refractivity contribution in [2.24, 2.45) is 5.92 Å². The minimum absolute atomic E-state index is 0.171. The molecule has 0 radical (unpaired) electrons. The maximum atomic E-state index is 11.9. The third-order valence-corrected chi connectivity index (χ3v) is 5.12. The molecule has 1 amide bonds. The molecule has 0 saturated heterocycles. The summed E-state index contributed by atoms with van der Waals surface area (Å²) in [6, 6.07) is 0. The third kappa shape index (κ3) is 4.23. The zero-order valence-electron chi connectivity index (χ0n) is 14.9. The molecule has 2 aromatic heterocycles. The zero-order valence-corrected chi connectivity index (χ0v) is 15.7. The first-order chi connectivity index (χ1) is 12.2. The number of nitrogens with one attached hydrogen (secondary N) is 2. The molecule has 0 bridgehead atoms. The number of rotatable bonds is 9. The van der Waals surface area contributed by atoms with Crippen LogP contribution in [-0.4, -0.2) is 44.5 Å². The van der Waals surface area contributed by atoms with Crippen LogP contribution in [0, 0.1) is 5.92 Å². The monoisotopic (exact) mass is 362 g/mol. The van der Waals surface area contributed by atoms with Gasteiger partial charge in [0.1, 0.15) is 5.82 Å². The molecule has 1 aliphatic rings. The van der Waals surface area contributed by atoms with Crippen molar-refractivity contribution < 1.29 is 4.79 Å². The molecule has 1 saturated carbocycles. The third-order valence-electron chi connectivity index (χ3n) is 4.39. The van der Waals surface area contributed by atoms with Crippen molar-refractivity contribution in [1.29, 1.82) is 0 Å². The number of fused-ring (bicyclic) bond motifs is 1. The van der Waals surface area contributed by atoms with Crippen molar-refractivity contribution >= 4 is 34.5 Å². The van der Waals surface area contributed by atoms with Crippen molar-refractivity contribution in [3.8, 4) is 0 Å². The SMILES string of the molecule is CCCNc1nc(SCC)nc2c1cnn2CCNC(=O)C1CCC1. The molecule has 0 atom stereocenters. The number of carbonyl (C=O) groups is 1. The van der Waals surface area contributed by atoms with Gasteiger partial charge in [0.05, 0.1) is 18.1 Å². The lowest BCUT2D eigenvalue weighted by atomic mass is 9.85. The van der Waals surface area contributed by atoms with E-state index in [9.17, 15) is 4.79 Å². The van der Waals surface area contributed by atoms with E-state index >= 15 is 0 Å². The van der Waals surface area contributed by atoms with Crippen molar-refractivity contribution in [1.82, 2.24) is 25.1 Å². The first-order valence-electron chi connectivity index (χ1n) is 9.10. The number of aromatic nitrogens is 4. The number of anilines is 1. The topological polar surface area (TPSA) is 84.7 Å². The molecule has 136 valence electrons. The van der Waals surface area contributed by atoms with Crippen molar-refractivity contribution in [3.05, 3.63) is 6.20 Å². The van der Waals surface area contributed by atoms with E-state index in [1.807, 2.05) is 10.9 Å². The van der Waals surface area contributed by atoms with Gasteiger partial charge in [-0.3, -0.25) is 4.79 Å². The number of nitrogens with zero attached hydrogens (tertiary/aromatic N) is 4. The van der Waals surface area contributed by atoms with Gasteiger partial charge in [-0.2, -0.15) is 5.10 Å². The normalized spacial score (nSPS) is 14.5. The van der Waals surface area contributed by atoms with Crippen LogP contribution in [0.25, 0.3) is 11.0 Å². The Morgan fingerprint density at radius 1 is 1.32 bits per heavy atom. The predicted octanol–water partition coefficient (Wildman–Crippen LogP) is 2.68. The number of thioether (sulfide) groups is 1. The summed E-state index contributed by atoms with van der Waals surface area (Å²) in [6.07, 6.45) is 6.05. The Kier molecular flexibility index (Phi) is 6.12. The molecule has 2 heterocycles. The fourth-order valence-corrected chi connectivity index (χ4v) is 3.34. The zero-order chi connectivity index (χ0) is 17.6. The summed E-state index contributed by atoms with van der Waals surface area (Å²) in [5.41, 5.74) is 0.822. The molecule has 0 spiro atoms. The molecule has 0 aliphatic heterocycles. The number of amides is 1. The molecule has 2 N–H and O–H groups in total. The summed E-state index contributed by atoms with van der Waals surface area (Å²) in [6.45, 7) is 6.27. The Morgan fingerprint density at radius 2 is 2.16 bits per heavy atom. The Hall–Kier alpha value is -1.83. The summed E-state index contributed by atoms with van der Waals surface area (Å²) in [4.78, 5) is 21.2. The lowest BCUT2D eigenvalue weighted by Gasteiger charge is -2.23. The van der Waals surface area contributed by atoms with E-state index in [0.29, 0.717) is 13.1 Å². The highest BCUT2D eigenvalue weighted by molar-refractivity contribution is 7.99. The maximum Gasteiger partial charge on any atom is 0.223 e. The second-order valence-corrected chi connectivity index (χ2v) is 7.47. The number of carbonyl (C=O) groups excluding carboxylic acids is 1. The van der Waals surface area contributed by atoms with Gasteiger partial charge in [0.2, 0.25) is 5.91 Å². The number of hydrogen-bond acceptors (Lipinski definition) is 6. The molecule has 1 aliphatic carbocycles. The van der Waals surface area contributed by atoms with E-state index in [0.717, 1.165) is 53.6 Å². The fraction of sp³-hybridized carbons (Fsp3) is 0.647. The van der Waals surface area contributed by atoms with Crippen LogP contribution in [0.2, 0.25) is 0 Å². The average Bonchev–Trinajstić information content (AvgIpc) is 2.94. The van der Waals surface area contributed by atoms with Crippen LogP contribution in [0.4, 0.5) is 5.82 Å². The van der Waals surface area contributed by atoms with Gasteiger partial charge in [-0.1, -0.05) is 32.0 Å². The van der Waals surface area contributed by atoms with Gasteiger partial charge in [0.25, 0.3) is 0 Å². The van der Waals surface area contributed by atoms with E-state index < -0.39 is 0 Å². The molecule has 8 heteroatoms. The minimum Gasteiger partial charge on any atom is -0.369 e. The lowest BCUT2D eigenvalue weighted by Crippen LogP contribution is -2.36. The molecule has 2 aromatic rings. The molecule has 3 rings (SSSR count). The smallest absolute Gasteiger partial charge is 0.223 e. The molecular weight excluding hydrogens is 336 g/mol. The van der Waals surface area contributed by atoms with Crippen LogP contribution in [0.1, 0.15) is 39.5 Å².